The number of hydrogen-bond donors (Lipinski definition) is 2. The van der Waals surface area contributed by atoms with E-state index in [1.807, 2.05) is 6.07 Å². The van der Waals surface area contributed by atoms with Crippen molar-refractivity contribution in [3.8, 4) is 0 Å². The number of unbranched alkanes of at least 4 members (excludes halogenated alkanes) is 1. The molecule has 0 bridgehead atoms. The Morgan fingerprint density at radius 1 is 1.29 bits per heavy atom. The van der Waals surface area contributed by atoms with Crippen molar-refractivity contribution in [3.05, 3.63) is 30.3 Å². The molecule has 1 atom stereocenters. The van der Waals surface area contributed by atoms with Crippen LogP contribution in [-0.4, -0.2) is 24.1 Å². The highest BCUT2D eigenvalue weighted by Crippen LogP contribution is 2.20. The van der Waals surface area contributed by atoms with Crippen LogP contribution in [0.25, 0.3) is 0 Å². The maximum absolute atomic E-state index is 8.71. The number of hydrogen-bond acceptors (Lipinski definition) is 3. The summed E-state index contributed by atoms with van der Waals surface area (Å²) in [6, 6.07) is 10.4. The SMILES string of the molecule is CCCCC(CC)CN(CCC(N)=NO)c1ccccc1. The maximum atomic E-state index is 8.71. The van der Waals surface area contributed by atoms with Crippen molar-refractivity contribution < 1.29 is 5.21 Å². The largest absolute Gasteiger partial charge is 0.409 e. The number of anilines is 1. The summed E-state index contributed by atoms with van der Waals surface area (Å²) < 4.78 is 0. The minimum Gasteiger partial charge on any atom is -0.409 e. The summed E-state index contributed by atoms with van der Waals surface area (Å²) in [5.41, 5.74) is 6.82. The van der Waals surface area contributed by atoms with E-state index in [-0.39, 0.29) is 5.84 Å². The highest BCUT2D eigenvalue weighted by atomic mass is 16.4. The minimum absolute atomic E-state index is 0.289. The van der Waals surface area contributed by atoms with Gasteiger partial charge in [0, 0.05) is 25.2 Å². The van der Waals surface area contributed by atoms with Crippen LogP contribution in [-0.2, 0) is 0 Å². The lowest BCUT2D eigenvalue weighted by molar-refractivity contribution is 0.317. The van der Waals surface area contributed by atoms with Gasteiger partial charge in [0.25, 0.3) is 0 Å². The average Bonchev–Trinajstić information content (AvgIpc) is 2.54. The smallest absolute Gasteiger partial charge is 0.140 e. The van der Waals surface area contributed by atoms with E-state index in [0.29, 0.717) is 12.3 Å². The molecule has 0 aromatic heterocycles. The molecule has 118 valence electrons. The van der Waals surface area contributed by atoms with E-state index in [1.54, 1.807) is 0 Å². The van der Waals surface area contributed by atoms with Gasteiger partial charge in [-0.3, -0.25) is 0 Å². The van der Waals surface area contributed by atoms with Crippen LogP contribution in [0, 0.1) is 5.92 Å². The Labute approximate surface area is 128 Å². The molecule has 3 N–H and O–H groups in total. The molecule has 0 fully saturated rings. The zero-order valence-corrected chi connectivity index (χ0v) is 13.3. The van der Waals surface area contributed by atoms with Crippen LogP contribution in [0.4, 0.5) is 5.69 Å². The van der Waals surface area contributed by atoms with Crippen molar-refractivity contribution in [3.63, 3.8) is 0 Å². The molecule has 0 aliphatic heterocycles. The Morgan fingerprint density at radius 3 is 2.57 bits per heavy atom. The van der Waals surface area contributed by atoms with Gasteiger partial charge in [-0.25, -0.2) is 0 Å². The predicted octanol–water partition coefficient (Wildman–Crippen LogP) is 3.85. The van der Waals surface area contributed by atoms with Gasteiger partial charge in [0.2, 0.25) is 0 Å². The molecule has 1 unspecified atom stereocenters. The van der Waals surface area contributed by atoms with Gasteiger partial charge in [0.1, 0.15) is 5.84 Å². The van der Waals surface area contributed by atoms with Crippen molar-refractivity contribution in [2.24, 2.45) is 16.8 Å². The molecule has 4 nitrogen and oxygen atoms in total. The van der Waals surface area contributed by atoms with E-state index in [1.165, 1.54) is 31.4 Å². The van der Waals surface area contributed by atoms with E-state index in [2.05, 4.69) is 48.2 Å². The van der Waals surface area contributed by atoms with Crippen LogP contribution in [0.3, 0.4) is 0 Å². The minimum atomic E-state index is 0.289. The van der Waals surface area contributed by atoms with Crippen molar-refractivity contribution in [1.29, 1.82) is 0 Å². The normalized spacial score (nSPS) is 13.1. The highest BCUT2D eigenvalue weighted by molar-refractivity contribution is 5.80. The summed E-state index contributed by atoms with van der Waals surface area (Å²) in [4.78, 5) is 2.35. The van der Waals surface area contributed by atoms with Crippen LogP contribution < -0.4 is 10.6 Å². The summed E-state index contributed by atoms with van der Waals surface area (Å²) in [6.45, 7) is 6.30. The Kier molecular flexibility index (Phi) is 8.32. The summed E-state index contributed by atoms with van der Waals surface area (Å²) in [5, 5.41) is 11.8. The van der Waals surface area contributed by atoms with Crippen molar-refractivity contribution in [2.45, 2.75) is 46.0 Å². The van der Waals surface area contributed by atoms with Crippen LogP contribution in [0.1, 0.15) is 46.0 Å². The summed E-state index contributed by atoms with van der Waals surface area (Å²) in [6.07, 6.45) is 5.55. The molecule has 1 rings (SSSR count). The monoisotopic (exact) mass is 291 g/mol. The van der Waals surface area contributed by atoms with E-state index in [9.17, 15) is 0 Å². The molecule has 0 amide bonds. The third-order valence-corrected chi connectivity index (χ3v) is 3.91. The van der Waals surface area contributed by atoms with Gasteiger partial charge in [-0.15, -0.1) is 0 Å². The van der Waals surface area contributed by atoms with E-state index in [4.69, 9.17) is 10.9 Å². The number of rotatable bonds is 10. The lowest BCUT2D eigenvalue weighted by Crippen LogP contribution is -2.32. The quantitative estimate of drug-likeness (QED) is 0.298. The molecule has 0 radical (unpaired) electrons. The second-order valence-electron chi connectivity index (χ2n) is 5.54. The standard InChI is InChI=1S/C17H29N3O/c1-3-5-9-15(4-2)14-20(13-12-17(18)19-21)16-10-7-6-8-11-16/h6-8,10-11,15,21H,3-5,9,12-14H2,1-2H3,(H2,18,19). The zero-order valence-electron chi connectivity index (χ0n) is 13.3. The van der Waals surface area contributed by atoms with E-state index < -0.39 is 0 Å². The van der Waals surface area contributed by atoms with Gasteiger partial charge < -0.3 is 15.8 Å². The topological polar surface area (TPSA) is 61.8 Å². The number of nitrogens with two attached hydrogens (primary N) is 1. The molecule has 0 saturated carbocycles. The zero-order chi connectivity index (χ0) is 15.5. The average molecular weight is 291 g/mol. The maximum Gasteiger partial charge on any atom is 0.140 e. The van der Waals surface area contributed by atoms with Gasteiger partial charge in [-0.1, -0.05) is 56.5 Å². The Morgan fingerprint density at radius 2 is 2.00 bits per heavy atom. The summed E-state index contributed by atoms with van der Waals surface area (Å²) in [7, 11) is 0. The lowest BCUT2D eigenvalue weighted by atomic mass is 9.98. The van der Waals surface area contributed by atoms with Crippen molar-refractivity contribution in [2.75, 3.05) is 18.0 Å². The lowest BCUT2D eigenvalue weighted by Gasteiger charge is -2.29. The van der Waals surface area contributed by atoms with Gasteiger partial charge in [0.05, 0.1) is 0 Å². The molecule has 4 heteroatoms. The molecule has 0 saturated heterocycles. The summed E-state index contributed by atoms with van der Waals surface area (Å²) in [5.74, 6) is 0.981. The first-order chi connectivity index (χ1) is 10.2. The molecule has 0 aliphatic rings. The number of amidine groups is 1. The third-order valence-electron chi connectivity index (χ3n) is 3.91. The van der Waals surface area contributed by atoms with Crippen LogP contribution in [0.5, 0.6) is 0 Å². The van der Waals surface area contributed by atoms with E-state index in [0.717, 1.165) is 13.1 Å². The number of benzene rings is 1. The number of oxime groups is 1. The molecule has 0 aliphatic carbocycles. The third kappa shape index (κ3) is 6.52. The second kappa shape index (κ2) is 10.1. The van der Waals surface area contributed by atoms with Crippen LogP contribution in [0.15, 0.2) is 35.5 Å². The molecule has 0 heterocycles. The predicted molar refractivity (Wildman–Crippen MR) is 90.0 cm³/mol. The van der Waals surface area contributed by atoms with Crippen molar-refractivity contribution in [1.82, 2.24) is 0 Å². The molecule has 1 aromatic rings. The van der Waals surface area contributed by atoms with Gasteiger partial charge in [-0.05, 0) is 24.5 Å². The molecular weight excluding hydrogens is 262 g/mol. The first-order valence-electron chi connectivity index (χ1n) is 7.97. The molecular formula is C17H29N3O. The molecule has 21 heavy (non-hydrogen) atoms. The van der Waals surface area contributed by atoms with E-state index >= 15 is 0 Å². The Hall–Kier alpha value is -1.71. The molecule has 1 aromatic carbocycles. The number of nitrogens with zero attached hydrogens (tertiary/aromatic N) is 2. The fraction of sp³-hybridized carbons (Fsp3) is 0.588. The first kappa shape index (κ1) is 17.3. The summed E-state index contributed by atoms with van der Waals surface area (Å²) >= 11 is 0. The Balaban J connectivity index is 2.71. The fourth-order valence-corrected chi connectivity index (χ4v) is 2.49. The first-order valence-corrected chi connectivity index (χ1v) is 7.97. The second-order valence-corrected chi connectivity index (χ2v) is 5.54. The number of para-hydroxylation sites is 1. The van der Waals surface area contributed by atoms with Gasteiger partial charge >= 0.3 is 0 Å². The van der Waals surface area contributed by atoms with Gasteiger partial charge in [-0.2, -0.15) is 0 Å². The van der Waals surface area contributed by atoms with Crippen LogP contribution >= 0.6 is 0 Å². The van der Waals surface area contributed by atoms with Crippen molar-refractivity contribution >= 4 is 11.5 Å². The Bertz CT molecular complexity index is 406. The van der Waals surface area contributed by atoms with Crippen LogP contribution in [0.2, 0.25) is 0 Å². The molecule has 0 spiro atoms. The van der Waals surface area contributed by atoms with Gasteiger partial charge in [0.15, 0.2) is 0 Å². The fourth-order valence-electron chi connectivity index (χ4n) is 2.49. The highest BCUT2D eigenvalue weighted by Gasteiger charge is 2.13.